The number of amides is 1. The predicted molar refractivity (Wildman–Crippen MR) is 79.8 cm³/mol. The van der Waals surface area contributed by atoms with Gasteiger partial charge in [0.25, 0.3) is 0 Å². The maximum atomic E-state index is 12.3. The first-order valence-electron chi connectivity index (χ1n) is 6.99. The highest BCUT2D eigenvalue weighted by Gasteiger charge is 2.45. The van der Waals surface area contributed by atoms with Crippen molar-refractivity contribution in [3.63, 3.8) is 0 Å². The quantitative estimate of drug-likeness (QED) is 0.431. The van der Waals surface area contributed by atoms with Gasteiger partial charge in [-0.2, -0.15) is 0 Å². The predicted octanol–water partition coefficient (Wildman–Crippen LogP) is 1.31. The van der Waals surface area contributed by atoms with E-state index in [1.807, 2.05) is 0 Å². The van der Waals surface area contributed by atoms with Crippen molar-refractivity contribution in [1.29, 1.82) is 0 Å². The molecular weight excluding hydrogens is 270 g/mol. The van der Waals surface area contributed by atoms with Gasteiger partial charge in [0.1, 0.15) is 11.3 Å². The number of hydrazine groups is 1. The molecule has 1 aromatic rings. The molecular formula is C14H23N5O2. The van der Waals surface area contributed by atoms with Gasteiger partial charge >= 0.3 is 6.09 Å². The van der Waals surface area contributed by atoms with E-state index in [2.05, 4.69) is 10.3 Å². The van der Waals surface area contributed by atoms with Crippen LogP contribution < -0.4 is 16.9 Å². The third kappa shape index (κ3) is 3.08. The van der Waals surface area contributed by atoms with Crippen molar-refractivity contribution in [3.8, 4) is 0 Å². The number of pyridine rings is 1. The summed E-state index contributed by atoms with van der Waals surface area (Å²) in [7, 11) is 0. The third-order valence-electron chi connectivity index (χ3n) is 3.43. The first-order chi connectivity index (χ1) is 9.76. The van der Waals surface area contributed by atoms with Crippen LogP contribution in [0.5, 0.6) is 0 Å². The molecule has 21 heavy (non-hydrogen) atoms. The number of nitrogens with one attached hydrogen (secondary N) is 1. The number of nitrogens with zero attached hydrogens (tertiary/aromatic N) is 2. The molecule has 1 unspecified atom stereocenters. The zero-order valence-corrected chi connectivity index (χ0v) is 12.7. The van der Waals surface area contributed by atoms with E-state index in [1.165, 1.54) is 0 Å². The molecule has 5 N–H and O–H groups in total. The normalized spacial score (nSPS) is 22.1. The molecule has 1 saturated heterocycles. The standard InChI is InChI=1S/C14H23N5O2/c1-13(2,3)21-12(20)19(16)14(6-4-7-18-14)10-5-8-17-9-11(10)15/h5,8-9,18H,4,6-7,15-16H2,1-3H3. The van der Waals surface area contributed by atoms with Crippen LogP contribution in [0, 0.1) is 0 Å². The van der Waals surface area contributed by atoms with Crippen LogP contribution in [0.4, 0.5) is 10.5 Å². The number of nitrogens with two attached hydrogens (primary N) is 2. The van der Waals surface area contributed by atoms with Gasteiger partial charge in [0.15, 0.2) is 0 Å². The maximum Gasteiger partial charge on any atom is 0.426 e. The summed E-state index contributed by atoms with van der Waals surface area (Å²) in [6, 6.07) is 1.78. The SMILES string of the molecule is CC(C)(C)OC(=O)N(N)C1(c2ccncc2N)CCCN1. The summed E-state index contributed by atoms with van der Waals surface area (Å²) in [4.78, 5) is 16.3. The molecule has 0 bridgehead atoms. The Morgan fingerprint density at radius 2 is 2.24 bits per heavy atom. The highest BCUT2D eigenvalue weighted by Crippen LogP contribution is 2.36. The lowest BCUT2D eigenvalue weighted by Crippen LogP contribution is -2.60. The van der Waals surface area contributed by atoms with E-state index in [9.17, 15) is 4.79 Å². The second-order valence-electron chi connectivity index (χ2n) is 6.20. The number of hydrogen-bond acceptors (Lipinski definition) is 6. The van der Waals surface area contributed by atoms with E-state index >= 15 is 0 Å². The summed E-state index contributed by atoms with van der Waals surface area (Å²) in [5.74, 6) is 6.09. The maximum absolute atomic E-state index is 12.3. The van der Waals surface area contributed by atoms with E-state index in [0.29, 0.717) is 12.1 Å². The van der Waals surface area contributed by atoms with Gasteiger partial charge in [0.05, 0.1) is 11.9 Å². The Hall–Kier alpha value is -1.86. The van der Waals surface area contributed by atoms with Crippen LogP contribution in [0.2, 0.25) is 0 Å². The molecule has 1 aromatic heterocycles. The molecule has 1 amide bonds. The fourth-order valence-electron chi connectivity index (χ4n) is 2.54. The monoisotopic (exact) mass is 293 g/mol. The number of nitrogen functional groups attached to an aromatic ring is 1. The minimum Gasteiger partial charge on any atom is -0.443 e. The lowest BCUT2D eigenvalue weighted by Gasteiger charge is -2.39. The van der Waals surface area contributed by atoms with Crippen LogP contribution >= 0.6 is 0 Å². The van der Waals surface area contributed by atoms with Crippen molar-refractivity contribution < 1.29 is 9.53 Å². The van der Waals surface area contributed by atoms with Crippen LogP contribution in [-0.2, 0) is 10.4 Å². The lowest BCUT2D eigenvalue weighted by atomic mass is 9.96. The molecule has 7 nitrogen and oxygen atoms in total. The summed E-state index contributed by atoms with van der Waals surface area (Å²) in [6.45, 7) is 6.15. The molecule has 0 aliphatic carbocycles. The van der Waals surface area contributed by atoms with Gasteiger partial charge in [-0.05, 0) is 46.2 Å². The smallest absolute Gasteiger partial charge is 0.426 e. The van der Waals surface area contributed by atoms with Crippen LogP contribution in [0.15, 0.2) is 18.5 Å². The van der Waals surface area contributed by atoms with Crippen LogP contribution in [0.25, 0.3) is 0 Å². The van der Waals surface area contributed by atoms with Crippen molar-refractivity contribution in [1.82, 2.24) is 15.3 Å². The Bertz CT molecular complexity index is 520. The topological polar surface area (TPSA) is 106 Å². The van der Waals surface area contributed by atoms with Crippen molar-refractivity contribution in [2.45, 2.75) is 44.9 Å². The number of carbonyl (C=O) groups is 1. The first-order valence-corrected chi connectivity index (χ1v) is 6.99. The summed E-state index contributed by atoms with van der Waals surface area (Å²) < 4.78 is 5.36. The number of hydrogen-bond donors (Lipinski definition) is 3. The average molecular weight is 293 g/mol. The Morgan fingerprint density at radius 1 is 1.52 bits per heavy atom. The van der Waals surface area contributed by atoms with Crippen molar-refractivity contribution in [3.05, 3.63) is 24.0 Å². The molecule has 2 rings (SSSR count). The summed E-state index contributed by atoms with van der Waals surface area (Å²) in [6.07, 6.45) is 4.15. The third-order valence-corrected chi connectivity index (χ3v) is 3.43. The van der Waals surface area contributed by atoms with E-state index in [1.54, 1.807) is 39.2 Å². The Balaban J connectivity index is 2.35. The number of ether oxygens (including phenoxy) is 1. The molecule has 1 aliphatic rings. The zero-order valence-electron chi connectivity index (χ0n) is 12.7. The minimum atomic E-state index is -0.852. The van der Waals surface area contributed by atoms with Gasteiger partial charge in [-0.15, -0.1) is 0 Å². The highest BCUT2D eigenvalue weighted by molar-refractivity contribution is 5.69. The average Bonchev–Trinajstić information content (AvgIpc) is 2.86. The van der Waals surface area contributed by atoms with Crippen molar-refractivity contribution in [2.24, 2.45) is 5.84 Å². The lowest BCUT2D eigenvalue weighted by molar-refractivity contribution is -0.0103. The fraction of sp³-hybridized carbons (Fsp3) is 0.571. The van der Waals surface area contributed by atoms with E-state index in [0.717, 1.165) is 23.5 Å². The van der Waals surface area contributed by atoms with Crippen LogP contribution in [-0.4, -0.2) is 28.2 Å². The largest absolute Gasteiger partial charge is 0.443 e. The van der Waals surface area contributed by atoms with Gasteiger partial charge in [-0.3, -0.25) is 10.3 Å². The van der Waals surface area contributed by atoms with Gasteiger partial charge in [0.2, 0.25) is 0 Å². The number of aromatic nitrogens is 1. The molecule has 1 atom stereocenters. The van der Waals surface area contributed by atoms with Gasteiger partial charge < -0.3 is 10.5 Å². The van der Waals surface area contributed by atoms with Crippen LogP contribution in [0.1, 0.15) is 39.2 Å². The first kappa shape index (κ1) is 15.5. The molecule has 0 radical (unpaired) electrons. The van der Waals surface area contributed by atoms with Crippen LogP contribution in [0.3, 0.4) is 0 Å². The van der Waals surface area contributed by atoms with Crippen molar-refractivity contribution in [2.75, 3.05) is 12.3 Å². The van der Waals surface area contributed by atoms with Gasteiger partial charge in [-0.25, -0.2) is 15.6 Å². The van der Waals surface area contributed by atoms with Gasteiger partial charge in [0, 0.05) is 11.8 Å². The molecule has 1 fully saturated rings. The van der Waals surface area contributed by atoms with Gasteiger partial charge in [-0.1, -0.05) is 0 Å². The number of rotatable bonds is 2. The Labute approximate surface area is 124 Å². The molecule has 0 spiro atoms. The van der Waals surface area contributed by atoms with E-state index < -0.39 is 17.4 Å². The Kier molecular flexibility index (Phi) is 4.06. The molecule has 2 heterocycles. The van der Waals surface area contributed by atoms with E-state index in [-0.39, 0.29) is 0 Å². The van der Waals surface area contributed by atoms with E-state index in [4.69, 9.17) is 16.3 Å². The number of carbonyl (C=O) groups excluding carboxylic acids is 1. The molecule has 0 saturated carbocycles. The second kappa shape index (κ2) is 5.50. The summed E-state index contributed by atoms with van der Waals surface area (Å²) in [5.41, 5.74) is 5.78. The summed E-state index contributed by atoms with van der Waals surface area (Å²) >= 11 is 0. The minimum absolute atomic E-state index is 0.492. The Morgan fingerprint density at radius 3 is 2.76 bits per heavy atom. The zero-order chi connectivity index (χ0) is 15.7. The highest BCUT2D eigenvalue weighted by atomic mass is 16.6. The second-order valence-corrected chi connectivity index (χ2v) is 6.20. The number of anilines is 1. The molecule has 1 aliphatic heterocycles. The molecule has 0 aromatic carbocycles. The van der Waals surface area contributed by atoms with Crippen molar-refractivity contribution >= 4 is 11.8 Å². The molecule has 7 heteroatoms. The fourth-order valence-corrected chi connectivity index (χ4v) is 2.54. The summed E-state index contributed by atoms with van der Waals surface area (Å²) in [5, 5.41) is 4.39. The molecule has 116 valence electrons.